The summed E-state index contributed by atoms with van der Waals surface area (Å²) in [6.07, 6.45) is 15.6. The molecule has 0 aliphatic heterocycles. The molecule has 3 heteroatoms. The van der Waals surface area contributed by atoms with Crippen LogP contribution in [0, 0.1) is 5.41 Å². The molecule has 0 saturated carbocycles. The van der Waals surface area contributed by atoms with Gasteiger partial charge in [0.15, 0.2) is 0 Å². The lowest BCUT2D eigenvalue weighted by atomic mass is 9.72. The number of anilines is 1. The minimum absolute atomic E-state index is 0.173. The summed E-state index contributed by atoms with van der Waals surface area (Å²) in [5.74, 6) is -0.0206. The van der Waals surface area contributed by atoms with Crippen molar-refractivity contribution in [1.29, 1.82) is 0 Å². The van der Waals surface area contributed by atoms with Crippen molar-refractivity contribution >= 4 is 11.6 Å². The molecule has 1 aromatic carbocycles. The fourth-order valence-electron chi connectivity index (χ4n) is 3.61. The molecule has 1 amide bonds. The number of aromatic hydroxyl groups is 1. The average Bonchev–Trinajstić information content (AvgIpc) is 2.62. The average molecular weight is 392 g/mol. The first-order chi connectivity index (χ1) is 13.7. The molecule has 1 aromatic rings. The number of carbonyl (C=O) groups is 1. The maximum Gasteiger partial charge on any atom is 0.248 e. The van der Waals surface area contributed by atoms with Crippen molar-refractivity contribution in [3.05, 3.63) is 83.0 Å². The molecule has 0 bridgehead atoms. The highest BCUT2D eigenvalue weighted by atomic mass is 16.3. The van der Waals surface area contributed by atoms with Crippen molar-refractivity contribution in [3.63, 3.8) is 0 Å². The summed E-state index contributed by atoms with van der Waals surface area (Å²) in [5.41, 5.74) is 5.89. The molecule has 0 radical (unpaired) electrons. The smallest absolute Gasteiger partial charge is 0.248 e. The molecular weight excluding hydrogens is 358 g/mol. The predicted molar refractivity (Wildman–Crippen MR) is 123 cm³/mol. The Balaban J connectivity index is 1.95. The fourth-order valence-corrected chi connectivity index (χ4v) is 3.61. The Bertz CT molecular complexity index is 878. The highest BCUT2D eigenvalue weighted by molar-refractivity contribution is 5.99. The van der Waals surface area contributed by atoms with Gasteiger partial charge in [-0.05, 0) is 80.9 Å². The minimum atomic E-state index is -0.194. The van der Waals surface area contributed by atoms with E-state index >= 15 is 0 Å². The zero-order valence-corrected chi connectivity index (χ0v) is 18.3. The van der Waals surface area contributed by atoms with E-state index in [1.165, 1.54) is 36.0 Å². The normalized spacial score (nSPS) is 18.0. The third-order valence-electron chi connectivity index (χ3n) is 5.27. The quantitative estimate of drug-likeness (QED) is 0.316. The molecule has 0 atom stereocenters. The van der Waals surface area contributed by atoms with Crippen LogP contribution in [0.25, 0.3) is 0 Å². The highest BCUT2D eigenvalue weighted by Crippen LogP contribution is 2.40. The maximum atomic E-state index is 12.1. The molecule has 0 saturated heterocycles. The molecule has 0 spiro atoms. The van der Waals surface area contributed by atoms with Gasteiger partial charge in [-0.2, -0.15) is 0 Å². The van der Waals surface area contributed by atoms with Crippen LogP contribution in [0.4, 0.5) is 5.69 Å². The zero-order valence-electron chi connectivity index (χ0n) is 18.3. The van der Waals surface area contributed by atoms with Gasteiger partial charge in [0.05, 0.1) is 0 Å². The fraction of sp³-hybridized carbons (Fsp3) is 0.346. The van der Waals surface area contributed by atoms with Gasteiger partial charge >= 0.3 is 0 Å². The molecule has 1 aliphatic carbocycles. The number of allylic oxidation sites excluding steroid dienone is 9. The first-order valence-electron chi connectivity index (χ1n) is 10.2. The van der Waals surface area contributed by atoms with Gasteiger partial charge in [-0.1, -0.05) is 55.4 Å². The lowest BCUT2D eigenvalue weighted by Gasteiger charge is -2.32. The van der Waals surface area contributed by atoms with Crippen LogP contribution in [0.3, 0.4) is 0 Å². The molecule has 3 nitrogen and oxygen atoms in total. The Morgan fingerprint density at radius 3 is 2.45 bits per heavy atom. The van der Waals surface area contributed by atoms with E-state index in [2.05, 4.69) is 51.2 Å². The monoisotopic (exact) mass is 391 g/mol. The molecule has 0 heterocycles. The van der Waals surface area contributed by atoms with Gasteiger partial charge in [-0.25, -0.2) is 0 Å². The molecule has 1 aliphatic rings. The van der Waals surface area contributed by atoms with Crippen LogP contribution >= 0.6 is 0 Å². The van der Waals surface area contributed by atoms with Crippen LogP contribution in [-0.2, 0) is 4.79 Å². The Labute approximate surface area is 175 Å². The van der Waals surface area contributed by atoms with Gasteiger partial charge in [0, 0.05) is 11.8 Å². The molecule has 0 fully saturated rings. The van der Waals surface area contributed by atoms with E-state index in [9.17, 15) is 9.90 Å². The van der Waals surface area contributed by atoms with Gasteiger partial charge in [0.25, 0.3) is 0 Å². The van der Waals surface area contributed by atoms with Gasteiger partial charge in [0.1, 0.15) is 5.75 Å². The molecule has 2 N–H and O–H groups in total. The number of carbonyl (C=O) groups excluding carboxylic acids is 1. The first kappa shape index (κ1) is 22.5. The predicted octanol–water partition coefficient (Wildman–Crippen LogP) is 6.86. The van der Waals surface area contributed by atoms with Crippen LogP contribution in [0.5, 0.6) is 5.75 Å². The van der Waals surface area contributed by atoms with E-state index < -0.39 is 0 Å². The number of amides is 1. The zero-order chi connectivity index (χ0) is 21.4. The third kappa shape index (κ3) is 7.26. The first-order valence-corrected chi connectivity index (χ1v) is 10.2. The number of phenolic OH excluding ortho intramolecular Hbond substituents is 1. The second-order valence-corrected chi connectivity index (χ2v) is 8.46. The van der Waals surface area contributed by atoms with Gasteiger partial charge in [0.2, 0.25) is 5.91 Å². The van der Waals surface area contributed by atoms with Crippen LogP contribution in [0.1, 0.15) is 53.9 Å². The summed E-state index contributed by atoms with van der Waals surface area (Å²) in [4.78, 5) is 12.1. The van der Waals surface area contributed by atoms with E-state index in [-0.39, 0.29) is 17.1 Å². The van der Waals surface area contributed by atoms with Crippen molar-refractivity contribution in [3.8, 4) is 5.75 Å². The molecule has 2 rings (SSSR count). The number of rotatable bonds is 6. The van der Waals surface area contributed by atoms with Crippen LogP contribution < -0.4 is 5.32 Å². The lowest BCUT2D eigenvalue weighted by Crippen LogP contribution is -2.19. The Hall–Kier alpha value is -2.81. The maximum absolute atomic E-state index is 12.1. The second kappa shape index (κ2) is 10.1. The second-order valence-electron chi connectivity index (χ2n) is 8.46. The number of hydrogen-bond donors (Lipinski definition) is 2. The standard InChI is InChI=1S/C26H33NO2/c1-19(11-16-24-21(3)10-7-17-26(24,4)5)8-6-9-20(2)18-25(29)27-22-12-14-23(28)15-13-22/h6,8-9,11-16,18,28H,7,10,17H2,1-5H3,(H,27,29)/b9-6-,16-11+,19-8+,20-18-. The van der Waals surface area contributed by atoms with Gasteiger partial charge in [-0.15, -0.1) is 0 Å². The highest BCUT2D eigenvalue weighted by Gasteiger charge is 2.26. The number of phenols is 1. The topological polar surface area (TPSA) is 49.3 Å². The van der Waals surface area contributed by atoms with E-state index in [0.29, 0.717) is 5.69 Å². The number of nitrogens with one attached hydrogen (secondary N) is 1. The lowest BCUT2D eigenvalue weighted by molar-refractivity contribution is -0.111. The SMILES string of the molecule is CC1=C(/C=C/C(C)=C/C=C\C(C)=C/C(=O)Nc2ccc(O)cc2)C(C)(C)CCC1. The number of hydrogen-bond acceptors (Lipinski definition) is 2. The molecular formula is C26H33NO2. The van der Waals surface area contributed by atoms with Crippen molar-refractivity contribution in [2.75, 3.05) is 5.32 Å². The summed E-state index contributed by atoms with van der Waals surface area (Å²) in [7, 11) is 0. The summed E-state index contributed by atoms with van der Waals surface area (Å²) >= 11 is 0. The Kier molecular flexibility index (Phi) is 7.83. The van der Waals surface area contributed by atoms with E-state index in [4.69, 9.17) is 0 Å². The molecule has 29 heavy (non-hydrogen) atoms. The summed E-state index contributed by atoms with van der Waals surface area (Å²) in [6.45, 7) is 10.9. The van der Waals surface area contributed by atoms with Crippen molar-refractivity contribution < 1.29 is 9.90 Å². The summed E-state index contributed by atoms with van der Waals surface area (Å²) in [6, 6.07) is 6.41. The van der Waals surface area contributed by atoms with Crippen LogP contribution in [0.15, 0.2) is 83.0 Å². The molecule has 154 valence electrons. The van der Waals surface area contributed by atoms with Gasteiger partial charge in [-0.3, -0.25) is 4.79 Å². The van der Waals surface area contributed by atoms with Gasteiger partial charge < -0.3 is 10.4 Å². The van der Waals surface area contributed by atoms with E-state index in [0.717, 1.165) is 5.57 Å². The van der Waals surface area contributed by atoms with Crippen LogP contribution in [0.2, 0.25) is 0 Å². The third-order valence-corrected chi connectivity index (χ3v) is 5.27. The largest absolute Gasteiger partial charge is 0.508 e. The summed E-state index contributed by atoms with van der Waals surface area (Å²) in [5, 5.41) is 12.1. The van der Waals surface area contributed by atoms with Crippen molar-refractivity contribution in [1.82, 2.24) is 0 Å². The van der Waals surface area contributed by atoms with Crippen molar-refractivity contribution in [2.45, 2.75) is 53.9 Å². The van der Waals surface area contributed by atoms with E-state index in [1.807, 2.05) is 19.1 Å². The minimum Gasteiger partial charge on any atom is -0.508 e. The van der Waals surface area contributed by atoms with E-state index in [1.54, 1.807) is 30.3 Å². The van der Waals surface area contributed by atoms with Crippen molar-refractivity contribution in [2.24, 2.45) is 5.41 Å². The Morgan fingerprint density at radius 2 is 1.79 bits per heavy atom. The number of benzene rings is 1. The molecule has 0 unspecified atom stereocenters. The molecule has 0 aromatic heterocycles. The van der Waals surface area contributed by atoms with Crippen LogP contribution in [-0.4, -0.2) is 11.0 Å². The Morgan fingerprint density at radius 1 is 1.10 bits per heavy atom. The summed E-state index contributed by atoms with van der Waals surface area (Å²) < 4.78 is 0.